The van der Waals surface area contributed by atoms with Gasteiger partial charge < -0.3 is 16.0 Å². The van der Waals surface area contributed by atoms with E-state index >= 15 is 0 Å². The van der Waals surface area contributed by atoms with Crippen molar-refractivity contribution in [3.63, 3.8) is 0 Å². The van der Waals surface area contributed by atoms with Crippen molar-refractivity contribution < 1.29 is 4.79 Å². The number of hydrogen-bond acceptors (Lipinski definition) is 3. The van der Waals surface area contributed by atoms with Crippen LogP contribution in [0.5, 0.6) is 0 Å². The molecule has 1 atom stereocenters. The highest BCUT2D eigenvalue weighted by Gasteiger charge is 2.23. The van der Waals surface area contributed by atoms with Crippen LogP contribution in [-0.4, -0.2) is 19.0 Å². The van der Waals surface area contributed by atoms with Gasteiger partial charge in [-0.2, -0.15) is 0 Å². The Morgan fingerprint density at radius 3 is 2.94 bits per heavy atom. The number of carbonyl (C=O) groups excluding carboxylic acids is 1. The van der Waals surface area contributed by atoms with Crippen molar-refractivity contribution in [2.75, 3.05) is 29.0 Å². The number of nitrogens with one attached hydrogen (secondary N) is 1. The van der Waals surface area contributed by atoms with Crippen LogP contribution in [0.25, 0.3) is 0 Å². The summed E-state index contributed by atoms with van der Waals surface area (Å²) >= 11 is 0. The number of aryl methyl sites for hydroxylation is 1. The maximum Gasteiger partial charge on any atom is 0.224 e. The first kappa shape index (κ1) is 11.4. The zero-order valence-electron chi connectivity index (χ0n) is 10.7. The first-order chi connectivity index (χ1) is 8.63. The molecule has 2 heterocycles. The number of amides is 1. The first-order valence-corrected chi connectivity index (χ1v) is 6.60. The lowest BCUT2D eigenvalue weighted by Crippen LogP contribution is -2.23. The van der Waals surface area contributed by atoms with Gasteiger partial charge in [-0.15, -0.1) is 0 Å². The molecule has 1 fully saturated rings. The van der Waals surface area contributed by atoms with Crippen LogP contribution < -0.4 is 16.0 Å². The van der Waals surface area contributed by atoms with Crippen LogP contribution in [-0.2, 0) is 11.2 Å². The lowest BCUT2D eigenvalue weighted by Gasteiger charge is -2.24. The highest BCUT2D eigenvalue weighted by molar-refractivity contribution is 5.95. The summed E-state index contributed by atoms with van der Waals surface area (Å²) in [5.41, 5.74) is 10.1. The van der Waals surface area contributed by atoms with Crippen molar-refractivity contribution in [2.24, 2.45) is 5.92 Å². The third-order valence-electron chi connectivity index (χ3n) is 3.91. The van der Waals surface area contributed by atoms with Crippen LogP contribution in [0.2, 0.25) is 0 Å². The lowest BCUT2D eigenvalue weighted by atomic mass is 10.0. The Morgan fingerprint density at radius 2 is 2.22 bits per heavy atom. The summed E-state index contributed by atoms with van der Waals surface area (Å²) in [7, 11) is 0. The van der Waals surface area contributed by atoms with Crippen molar-refractivity contribution in [3.8, 4) is 0 Å². The number of rotatable bonds is 1. The highest BCUT2D eigenvalue weighted by atomic mass is 16.1. The molecule has 1 aromatic carbocycles. The van der Waals surface area contributed by atoms with Crippen LogP contribution in [0.1, 0.15) is 25.3 Å². The molecule has 3 rings (SSSR count). The van der Waals surface area contributed by atoms with E-state index in [1.165, 1.54) is 6.42 Å². The van der Waals surface area contributed by atoms with Gasteiger partial charge in [0.15, 0.2) is 0 Å². The number of benzene rings is 1. The molecule has 2 aliphatic heterocycles. The van der Waals surface area contributed by atoms with Crippen molar-refractivity contribution in [2.45, 2.75) is 26.2 Å². The number of nitrogens with two attached hydrogens (primary N) is 1. The maximum absolute atomic E-state index is 11.4. The minimum absolute atomic E-state index is 0.105. The van der Waals surface area contributed by atoms with E-state index < -0.39 is 0 Å². The first-order valence-electron chi connectivity index (χ1n) is 6.60. The summed E-state index contributed by atoms with van der Waals surface area (Å²) < 4.78 is 0. The van der Waals surface area contributed by atoms with Gasteiger partial charge in [0.1, 0.15) is 0 Å². The van der Waals surface area contributed by atoms with Crippen LogP contribution in [0, 0.1) is 5.92 Å². The van der Waals surface area contributed by atoms with Gasteiger partial charge in [-0.3, -0.25) is 4.79 Å². The molecule has 1 aromatic rings. The average Bonchev–Trinajstić information content (AvgIpc) is 2.75. The Bertz CT molecular complexity index is 498. The summed E-state index contributed by atoms with van der Waals surface area (Å²) in [4.78, 5) is 13.8. The molecule has 4 heteroatoms. The van der Waals surface area contributed by atoms with Gasteiger partial charge >= 0.3 is 0 Å². The SMILES string of the molecule is CC1CCN(c2cc3c(cc2N)CCC(=O)N3)C1. The van der Waals surface area contributed by atoms with E-state index in [1.807, 2.05) is 12.1 Å². The van der Waals surface area contributed by atoms with E-state index in [4.69, 9.17) is 5.73 Å². The smallest absolute Gasteiger partial charge is 0.224 e. The molecule has 1 saturated heterocycles. The predicted octanol–water partition coefficient (Wildman–Crippen LogP) is 2.00. The van der Waals surface area contributed by atoms with E-state index in [-0.39, 0.29) is 5.91 Å². The normalized spacial score (nSPS) is 22.8. The third kappa shape index (κ3) is 1.92. The van der Waals surface area contributed by atoms with Crippen LogP contribution in [0.4, 0.5) is 17.1 Å². The second kappa shape index (κ2) is 4.19. The van der Waals surface area contributed by atoms with E-state index in [1.54, 1.807) is 0 Å². The molecule has 18 heavy (non-hydrogen) atoms. The Morgan fingerprint density at radius 1 is 1.39 bits per heavy atom. The largest absolute Gasteiger partial charge is 0.397 e. The zero-order chi connectivity index (χ0) is 12.7. The lowest BCUT2D eigenvalue weighted by molar-refractivity contribution is -0.116. The quantitative estimate of drug-likeness (QED) is 0.744. The minimum atomic E-state index is 0.105. The van der Waals surface area contributed by atoms with Gasteiger partial charge in [0.05, 0.1) is 11.4 Å². The summed E-state index contributed by atoms with van der Waals surface area (Å²) in [6, 6.07) is 4.06. The van der Waals surface area contributed by atoms with Gasteiger partial charge in [-0.05, 0) is 36.5 Å². The monoisotopic (exact) mass is 245 g/mol. The molecule has 96 valence electrons. The second-order valence-electron chi connectivity index (χ2n) is 5.46. The molecule has 0 saturated carbocycles. The predicted molar refractivity (Wildman–Crippen MR) is 73.8 cm³/mol. The van der Waals surface area contributed by atoms with Gasteiger partial charge in [-0.1, -0.05) is 6.92 Å². The zero-order valence-corrected chi connectivity index (χ0v) is 10.7. The molecule has 1 unspecified atom stereocenters. The van der Waals surface area contributed by atoms with Crippen molar-refractivity contribution in [1.29, 1.82) is 0 Å². The van der Waals surface area contributed by atoms with Crippen LogP contribution in [0.15, 0.2) is 12.1 Å². The Balaban J connectivity index is 1.95. The van der Waals surface area contributed by atoms with E-state index in [9.17, 15) is 4.79 Å². The molecular formula is C14H19N3O. The molecule has 1 amide bonds. The van der Waals surface area contributed by atoms with Gasteiger partial charge in [0, 0.05) is 25.2 Å². The number of nitrogen functional groups attached to an aromatic ring is 1. The molecule has 0 radical (unpaired) electrons. The summed E-state index contributed by atoms with van der Waals surface area (Å²) in [6.45, 7) is 4.37. The van der Waals surface area contributed by atoms with E-state index in [0.29, 0.717) is 6.42 Å². The Hall–Kier alpha value is -1.71. The fourth-order valence-electron chi connectivity index (χ4n) is 2.86. The fourth-order valence-corrected chi connectivity index (χ4v) is 2.86. The number of hydrogen-bond donors (Lipinski definition) is 2. The number of carbonyl (C=O) groups is 1. The minimum Gasteiger partial charge on any atom is -0.397 e. The maximum atomic E-state index is 11.4. The number of anilines is 3. The topological polar surface area (TPSA) is 58.4 Å². The van der Waals surface area contributed by atoms with E-state index in [0.717, 1.165) is 48.1 Å². The van der Waals surface area contributed by atoms with Crippen molar-refractivity contribution in [3.05, 3.63) is 17.7 Å². The Kier molecular flexibility index (Phi) is 2.65. The second-order valence-corrected chi connectivity index (χ2v) is 5.46. The molecule has 3 N–H and O–H groups in total. The third-order valence-corrected chi connectivity index (χ3v) is 3.91. The molecule has 2 aliphatic rings. The molecule has 0 bridgehead atoms. The molecule has 4 nitrogen and oxygen atoms in total. The van der Waals surface area contributed by atoms with Gasteiger partial charge in [-0.25, -0.2) is 0 Å². The van der Waals surface area contributed by atoms with Crippen molar-refractivity contribution >= 4 is 23.0 Å². The Labute approximate surface area is 107 Å². The molecule has 0 aliphatic carbocycles. The summed E-state index contributed by atoms with van der Waals surface area (Å²) in [5, 5.41) is 2.94. The summed E-state index contributed by atoms with van der Waals surface area (Å²) in [6.07, 6.45) is 2.57. The van der Waals surface area contributed by atoms with Crippen LogP contribution >= 0.6 is 0 Å². The average molecular weight is 245 g/mol. The highest BCUT2D eigenvalue weighted by Crippen LogP contribution is 2.35. The standard InChI is InChI=1S/C14H19N3O/c1-9-4-5-17(8-9)13-7-12-10(6-11(13)15)2-3-14(18)16-12/h6-7,9H,2-5,8,15H2,1H3,(H,16,18). The molecule has 0 aromatic heterocycles. The summed E-state index contributed by atoms with van der Waals surface area (Å²) in [5.74, 6) is 0.822. The number of fused-ring (bicyclic) bond motifs is 1. The fraction of sp³-hybridized carbons (Fsp3) is 0.500. The molecular weight excluding hydrogens is 226 g/mol. The molecule has 0 spiro atoms. The number of nitrogens with zero attached hydrogens (tertiary/aromatic N) is 1. The van der Waals surface area contributed by atoms with E-state index in [2.05, 4.69) is 17.1 Å². The van der Waals surface area contributed by atoms with Crippen LogP contribution in [0.3, 0.4) is 0 Å². The van der Waals surface area contributed by atoms with Gasteiger partial charge in [0.25, 0.3) is 0 Å². The van der Waals surface area contributed by atoms with Gasteiger partial charge in [0.2, 0.25) is 5.91 Å². The van der Waals surface area contributed by atoms with Crippen molar-refractivity contribution in [1.82, 2.24) is 0 Å².